The van der Waals surface area contributed by atoms with Gasteiger partial charge in [0.25, 0.3) is 0 Å². The van der Waals surface area contributed by atoms with Gasteiger partial charge < -0.3 is 4.90 Å². The molecule has 1 aliphatic rings. The largest absolute Gasteiger partial charge is 0.340 e. The summed E-state index contributed by atoms with van der Waals surface area (Å²) in [6.45, 7) is 9.43. The first-order valence-corrected chi connectivity index (χ1v) is 6.73. The summed E-state index contributed by atoms with van der Waals surface area (Å²) in [5.74, 6) is 1.40. The topological polar surface area (TPSA) is 23.6 Å². The lowest BCUT2D eigenvalue weighted by Gasteiger charge is -2.35. The van der Waals surface area contributed by atoms with Crippen LogP contribution in [0.3, 0.4) is 0 Å². The maximum Gasteiger partial charge on any atom is 0.223 e. The van der Waals surface area contributed by atoms with E-state index in [1.165, 1.54) is 6.42 Å². The Morgan fingerprint density at radius 2 is 1.88 bits per heavy atom. The number of hydrogen-bond donors (Lipinski definition) is 0. The summed E-state index contributed by atoms with van der Waals surface area (Å²) in [5, 5.41) is 0. The molecule has 16 heavy (non-hydrogen) atoms. The van der Waals surface area contributed by atoms with Gasteiger partial charge in [0.1, 0.15) is 0 Å². The summed E-state index contributed by atoms with van der Waals surface area (Å²) in [6, 6.07) is 0. The molecule has 3 nitrogen and oxygen atoms in total. The summed E-state index contributed by atoms with van der Waals surface area (Å²) in [6.07, 6.45) is 1.73. The van der Waals surface area contributed by atoms with E-state index in [1.54, 1.807) is 0 Å². The number of carbonyl (C=O) groups excluding carboxylic acids is 1. The van der Waals surface area contributed by atoms with E-state index < -0.39 is 0 Å². The van der Waals surface area contributed by atoms with Crippen LogP contribution >= 0.6 is 11.6 Å². The summed E-state index contributed by atoms with van der Waals surface area (Å²) in [5.41, 5.74) is 0. The minimum absolute atomic E-state index is 0.207. The van der Waals surface area contributed by atoms with Gasteiger partial charge >= 0.3 is 0 Å². The molecule has 0 radical (unpaired) electrons. The van der Waals surface area contributed by atoms with E-state index >= 15 is 0 Å². The molecular weight excluding hydrogens is 224 g/mol. The number of halogens is 1. The Balaban J connectivity index is 2.20. The van der Waals surface area contributed by atoms with Gasteiger partial charge in [-0.05, 0) is 18.9 Å². The molecule has 0 N–H and O–H groups in total. The highest BCUT2D eigenvalue weighted by atomic mass is 35.5. The van der Waals surface area contributed by atoms with Crippen LogP contribution in [0.4, 0.5) is 0 Å². The zero-order valence-corrected chi connectivity index (χ0v) is 11.2. The molecule has 1 rings (SSSR count). The third-order valence-corrected chi connectivity index (χ3v) is 3.25. The fourth-order valence-corrected chi connectivity index (χ4v) is 2.06. The van der Waals surface area contributed by atoms with Gasteiger partial charge in [-0.15, -0.1) is 11.6 Å². The number of amides is 1. The number of piperazine rings is 1. The Labute approximate surface area is 104 Å². The zero-order valence-electron chi connectivity index (χ0n) is 10.4. The highest BCUT2D eigenvalue weighted by Gasteiger charge is 2.20. The first-order chi connectivity index (χ1) is 7.63. The molecule has 94 valence electrons. The lowest BCUT2D eigenvalue weighted by molar-refractivity contribution is -0.132. The van der Waals surface area contributed by atoms with Gasteiger partial charge in [-0.25, -0.2) is 0 Å². The van der Waals surface area contributed by atoms with Crippen molar-refractivity contribution in [2.75, 3.05) is 38.6 Å². The second-order valence-corrected chi connectivity index (χ2v) is 5.22. The van der Waals surface area contributed by atoms with Gasteiger partial charge in [-0.2, -0.15) is 0 Å². The summed E-state index contributed by atoms with van der Waals surface area (Å²) in [4.78, 5) is 16.0. The molecule has 1 saturated heterocycles. The van der Waals surface area contributed by atoms with Gasteiger partial charge in [0, 0.05) is 38.5 Å². The zero-order chi connectivity index (χ0) is 12.0. The van der Waals surface area contributed by atoms with Crippen molar-refractivity contribution in [3.63, 3.8) is 0 Å². The minimum Gasteiger partial charge on any atom is -0.340 e. The maximum atomic E-state index is 11.6. The molecule has 1 amide bonds. The second-order valence-electron chi connectivity index (χ2n) is 4.84. The smallest absolute Gasteiger partial charge is 0.223 e. The van der Waals surface area contributed by atoms with Crippen molar-refractivity contribution in [2.45, 2.75) is 26.7 Å². The summed E-state index contributed by atoms with van der Waals surface area (Å²) < 4.78 is 0. The average Bonchev–Trinajstić information content (AvgIpc) is 2.27. The van der Waals surface area contributed by atoms with Crippen molar-refractivity contribution in [3.05, 3.63) is 0 Å². The number of alkyl halides is 1. The minimum atomic E-state index is 0.207. The predicted molar refractivity (Wildman–Crippen MR) is 67.8 cm³/mol. The Bertz CT molecular complexity index is 213. The first kappa shape index (κ1) is 13.8. The van der Waals surface area contributed by atoms with E-state index in [2.05, 4.69) is 18.7 Å². The quantitative estimate of drug-likeness (QED) is 0.691. The van der Waals surface area contributed by atoms with Gasteiger partial charge in [-0.1, -0.05) is 13.8 Å². The monoisotopic (exact) mass is 246 g/mol. The Morgan fingerprint density at radius 1 is 1.25 bits per heavy atom. The van der Waals surface area contributed by atoms with Gasteiger partial charge in [-0.3, -0.25) is 9.69 Å². The Kier molecular flexibility index (Phi) is 6.14. The average molecular weight is 247 g/mol. The van der Waals surface area contributed by atoms with E-state index in [9.17, 15) is 4.79 Å². The lowest BCUT2D eigenvalue weighted by atomic mass is 10.1. The van der Waals surface area contributed by atoms with Crippen LogP contribution in [0.5, 0.6) is 0 Å². The van der Waals surface area contributed by atoms with Crippen molar-refractivity contribution in [2.24, 2.45) is 5.92 Å². The molecule has 0 aliphatic carbocycles. The number of carbonyl (C=O) groups is 1. The van der Waals surface area contributed by atoms with Crippen molar-refractivity contribution < 1.29 is 4.79 Å². The van der Waals surface area contributed by atoms with E-state index in [0.29, 0.717) is 12.3 Å². The van der Waals surface area contributed by atoms with Crippen molar-refractivity contribution in [3.8, 4) is 0 Å². The van der Waals surface area contributed by atoms with E-state index in [4.69, 9.17) is 11.6 Å². The molecule has 1 aliphatic heterocycles. The van der Waals surface area contributed by atoms with Gasteiger partial charge in [0.05, 0.1) is 0 Å². The van der Waals surface area contributed by atoms with Crippen molar-refractivity contribution in [1.29, 1.82) is 0 Å². The fraction of sp³-hybridized carbons (Fsp3) is 0.917. The SMILES string of the molecule is CC(C)CCN1CCN(C(=O)CCCl)CC1. The summed E-state index contributed by atoms with van der Waals surface area (Å²) >= 11 is 5.57. The predicted octanol–water partition coefficient (Wildman–Crippen LogP) is 1.81. The number of rotatable bonds is 5. The molecule has 0 atom stereocenters. The molecule has 0 spiro atoms. The van der Waals surface area contributed by atoms with E-state index in [0.717, 1.165) is 38.6 Å². The van der Waals surface area contributed by atoms with Crippen LogP contribution in [0.15, 0.2) is 0 Å². The summed E-state index contributed by atoms with van der Waals surface area (Å²) in [7, 11) is 0. The fourth-order valence-electron chi connectivity index (χ4n) is 1.90. The van der Waals surface area contributed by atoms with Gasteiger partial charge in [0.2, 0.25) is 5.91 Å². The first-order valence-electron chi connectivity index (χ1n) is 6.19. The standard InChI is InChI=1S/C12H23ClN2O/c1-11(2)4-6-14-7-9-15(10-8-14)12(16)3-5-13/h11H,3-10H2,1-2H3. The van der Waals surface area contributed by atoms with Crippen LogP contribution in [-0.4, -0.2) is 54.3 Å². The normalized spacial score (nSPS) is 18.1. The molecule has 0 aromatic rings. The highest BCUT2D eigenvalue weighted by molar-refractivity contribution is 6.18. The number of hydrogen-bond acceptors (Lipinski definition) is 2. The van der Waals surface area contributed by atoms with Crippen LogP contribution in [0, 0.1) is 5.92 Å². The maximum absolute atomic E-state index is 11.6. The molecule has 0 bridgehead atoms. The van der Waals surface area contributed by atoms with Crippen molar-refractivity contribution >= 4 is 17.5 Å². The van der Waals surface area contributed by atoms with Crippen LogP contribution < -0.4 is 0 Å². The van der Waals surface area contributed by atoms with Crippen LogP contribution in [0.25, 0.3) is 0 Å². The van der Waals surface area contributed by atoms with E-state index in [-0.39, 0.29) is 5.91 Å². The van der Waals surface area contributed by atoms with Crippen LogP contribution in [-0.2, 0) is 4.79 Å². The molecule has 0 saturated carbocycles. The number of nitrogens with zero attached hydrogens (tertiary/aromatic N) is 2. The third kappa shape index (κ3) is 4.71. The van der Waals surface area contributed by atoms with Crippen LogP contribution in [0.1, 0.15) is 26.7 Å². The second kappa shape index (κ2) is 7.13. The molecule has 4 heteroatoms. The molecule has 0 aromatic carbocycles. The molecular formula is C12H23ClN2O. The molecule has 1 heterocycles. The third-order valence-electron chi connectivity index (χ3n) is 3.06. The van der Waals surface area contributed by atoms with Crippen LogP contribution in [0.2, 0.25) is 0 Å². The molecule has 0 unspecified atom stereocenters. The Morgan fingerprint density at radius 3 is 2.38 bits per heavy atom. The molecule has 1 fully saturated rings. The lowest BCUT2D eigenvalue weighted by Crippen LogP contribution is -2.49. The van der Waals surface area contributed by atoms with E-state index in [1.807, 2.05) is 4.90 Å². The van der Waals surface area contributed by atoms with Gasteiger partial charge in [0.15, 0.2) is 0 Å². The Hall–Kier alpha value is -0.280. The highest BCUT2D eigenvalue weighted by Crippen LogP contribution is 2.07. The molecule has 0 aromatic heterocycles. The van der Waals surface area contributed by atoms with Crippen molar-refractivity contribution in [1.82, 2.24) is 9.80 Å².